The van der Waals surface area contributed by atoms with Crippen molar-refractivity contribution in [3.8, 4) is 0 Å². The van der Waals surface area contributed by atoms with Gasteiger partial charge in [0.25, 0.3) is 11.8 Å². The second-order valence-electron chi connectivity index (χ2n) is 6.64. The zero-order chi connectivity index (χ0) is 21.2. The monoisotopic (exact) mass is 420 g/mol. The Morgan fingerprint density at radius 3 is 2.50 bits per heavy atom. The number of furan rings is 1. The van der Waals surface area contributed by atoms with Crippen molar-refractivity contribution in [2.45, 2.75) is 12.7 Å². The first kappa shape index (κ1) is 21.5. The van der Waals surface area contributed by atoms with Crippen molar-refractivity contribution in [1.29, 1.82) is 0 Å². The fourth-order valence-corrected chi connectivity index (χ4v) is 3.61. The summed E-state index contributed by atoms with van der Waals surface area (Å²) in [7, 11) is 0. The van der Waals surface area contributed by atoms with Gasteiger partial charge >= 0.3 is 0 Å². The molecule has 1 heterocycles. The highest BCUT2D eigenvalue weighted by atomic mass is 32.2. The van der Waals surface area contributed by atoms with E-state index in [-0.39, 0.29) is 17.5 Å². The Kier molecular flexibility index (Phi) is 7.92. The molecule has 0 fully saturated rings. The molecule has 2 amide bonds. The third kappa shape index (κ3) is 6.39. The average molecular weight is 421 g/mol. The van der Waals surface area contributed by atoms with Crippen LogP contribution >= 0.6 is 11.8 Å². The highest BCUT2D eigenvalue weighted by Crippen LogP contribution is 2.12. The molecular weight excluding hydrogens is 396 g/mol. The molecule has 1 aromatic heterocycles. The molecule has 0 saturated heterocycles. The van der Waals surface area contributed by atoms with Crippen molar-refractivity contribution in [2.75, 3.05) is 12.3 Å². The molecular formula is C24H24N2O3S. The maximum atomic E-state index is 12.7. The maximum absolute atomic E-state index is 12.7. The summed E-state index contributed by atoms with van der Waals surface area (Å²) in [6.45, 7) is 2.35. The first-order valence-corrected chi connectivity index (χ1v) is 10.8. The number of carbonyl (C=O) groups is 2. The predicted molar refractivity (Wildman–Crippen MR) is 121 cm³/mol. The lowest BCUT2D eigenvalue weighted by molar-refractivity contribution is -0.117. The topological polar surface area (TPSA) is 71.3 Å². The summed E-state index contributed by atoms with van der Waals surface area (Å²) in [5.41, 5.74) is 2.75. The van der Waals surface area contributed by atoms with Crippen LogP contribution in [0.4, 0.5) is 0 Å². The molecule has 154 valence electrons. The minimum Gasteiger partial charge on any atom is -0.465 e. The summed E-state index contributed by atoms with van der Waals surface area (Å²) in [5, 5.41) is 5.59. The molecule has 2 N–H and O–H groups in total. The Balaban J connectivity index is 1.58. The van der Waals surface area contributed by atoms with E-state index >= 15 is 0 Å². The van der Waals surface area contributed by atoms with E-state index in [4.69, 9.17) is 4.42 Å². The van der Waals surface area contributed by atoms with E-state index in [0.717, 1.165) is 17.1 Å². The minimum absolute atomic E-state index is 0.145. The lowest BCUT2D eigenvalue weighted by Crippen LogP contribution is -2.36. The molecule has 6 heteroatoms. The lowest BCUT2D eigenvalue weighted by atomic mass is 10.1. The molecule has 0 radical (unpaired) electrons. The van der Waals surface area contributed by atoms with Gasteiger partial charge in [0.15, 0.2) is 0 Å². The quantitative estimate of drug-likeness (QED) is 0.397. The number of hydrogen-bond donors (Lipinski definition) is 2. The van der Waals surface area contributed by atoms with E-state index in [1.807, 2.05) is 37.3 Å². The average Bonchev–Trinajstić information content (AvgIpc) is 3.27. The van der Waals surface area contributed by atoms with Gasteiger partial charge in [0.2, 0.25) is 0 Å². The van der Waals surface area contributed by atoms with Gasteiger partial charge in [0.1, 0.15) is 11.5 Å². The van der Waals surface area contributed by atoms with Crippen molar-refractivity contribution in [1.82, 2.24) is 10.6 Å². The third-order valence-corrected chi connectivity index (χ3v) is 5.39. The number of amides is 2. The van der Waals surface area contributed by atoms with Crippen LogP contribution in [0.15, 0.2) is 83.1 Å². The fraction of sp³-hybridized carbons (Fsp3) is 0.167. The molecule has 3 rings (SSSR count). The second-order valence-corrected chi connectivity index (χ2v) is 7.74. The normalized spacial score (nSPS) is 11.2. The van der Waals surface area contributed by atoms with Gasteiger partial charge in [-0.25, -0.2) is 0 Å². The van der Waals surface area contributed by atoms with Crippen LogP contribution in [-0.4, -0.2) is 24.1 Å². The maximum Gasteiger partial charge on any atom is 0.267 e. The SMILES string of the molecule is Cc1ccccc1C(=O)N/C(=C\c1ccco1)C(=O)NCCSCc1ccccc1. The fourth-order valence-electron chi connectivity index (χ4n) is 2.79. The molecule has 0 spiro atoms. The molecule has 2 aromatic carbocycles. The van der Waals surface area contributed by atoms with Gasteiger partial charge in [-0.05, 0) is 36.2 Å². The van der Waals surface area contributed by atoms with E-state index in [1.54, 1.807) is 36.0 Å². The van der Waals surface area contributed by atoms with Crippen LogP contribution in [0.3, 0.4) is 0 Å². The van der Waals surface area contributed by atoms with Gasteiger partial charge in [0, 0.05) is 29.7 Å². The number of carbonyl (C=O) groups excluding carboxylic acids is 2. The zero-order valence-electron chi connectivity index (χ0n) is 16.8. The van der Waals surface area contributed by atoms with E-state index < -0.39 is 0 Å². The molecule has 0 bridgehead atoms. The van der Waals surface area contributed by atoms with E-state index in [2.05, 4.69) is 22.8 Å². The van der Waals surface area contributed by atoms with Crippen LogP contribution in [0.1, 0.15) is 27.2 Å². The number of rotatable bonds is 9. The Morgan fingerprint density at radius 2 is 1.77 bits per heavy atom. The molecule has 3 aromatic rings. The molecule has 0 saturated carbocycles. The molecule has 0 aliphatic heterocycles. The smallest absolute Gasteiger partial charge is 0.267 e. The largest absolute Gasteiger partial charge is 0.465 e. The Bertz CT molecular complexity index is 998. The molecule has 0 unspecified atom stereocenters. The second kappa shape index (κ2) is 11.1. The van der Waals surface area contributed by atoms with Gasteiger partial charge in [-0.2, -0.15) is 11.8 Å². The zero-order valence-corrected chi connectivity index (χ0v) is 17.6. The number of thioether (sulfide) groups is 1. The Labute approximate surface area is 180 Å². The molecule has 0 aliphatic rings. The molecule has 0 atom stereocenters. The summed E-state index contributed by atoms with van der Waals surface area (Å²) in [4.78, 5) is 25.4. The number of nitrogens with one attached hydrogen (secondary N) is 2. The highest BCUT2D eigenvalue weighted by Gasteiger charge is 2.16. The lowest BCUT2D eigenvalue weighted by Gasteiger charge is -2.12. The standard InChI is InChI=1S/C24H24N2O3S/c1-18-8-5-6-12-21(18)23(27)26-22(16-20-11-7-14-29-20)24(28)25-13-15-30-17-19-9-3-2-4-10-19/h2-12,14,16H,13,15,17H2,1H3,(H,25,28)(H,26,27)/b22-16-. The summed E-state index contributed by atoms with van der Waals surface area (Å²) < 4.78 is 5.31. The van der Waals surface area contributed by atoms with Crippen LogP contribution in [0, 0.1) is 6.92 Å². The molecule has 30 heavy (non-hydrogen) atoms. The van der Waals surface area contributed by atoms with Crippen LogP contribution < -0.4 is 10.6 Å². The first-order chi connectivity index (χ1) is 14.6. The van der Waals surface area contributed by atoms with Gasteiger partial charge in [-0.3, -0.25) is 9.59 Å². The third-order valence-electron chi connectivity index (χ3n) is 4.36. The Hall–Kier alpha value is -3.25. The first-order valence-electron chi connectivity index (χ1n) is 9.65. The Morgan fingerprint density at radius 1 is 1.00 bits per heavy atom. The van der Waals surface area contributed by atoms with Gasteiger partial charge in [-0.1, -0.05) is 48.5 Å². The van der Waals surface area contributed by atoms with Crippen LogP contribution in [0.2, 0.25) is 0 Å². The van der Waals surface area contributed by atoms with Crippen molar-refractivity contribution in [3.63, 3.8) is 0 Å². The van der Waals surface area contributed by atoms with Crippen LogP contribution in [0.25, 0.3) is 6.08 Å². The molecule has 5 nitrogen and oxygen atoms in total. The summed E-state index contributed by atoms with van der Waals surface area (Å²) in [5.74, 6) is 1.45. The van der Waals surface area contributed by atoms with Gasteiger partial charge in [-0.15, -0.1) is 0 Å². The van der Waals surface area contributed by atoms with E-state index in [1.165, 1.54) is 17.9 Å². The van der Waals surface area contributed by atoms with Crippen molar-refractivity contribution >= 4 is 29.7 Å². The number of hydrogen-bond acceptors (Lipinski definition) is 4. The van der Waals surface area contributed by atoms with E-state index in [9.17, 15) is 9.59 Å². The number of benzene rings is 2. The van der Waals surface area contributed by atoms with Crippen LogP contribution in [-0.2, 0) is 10.5 Å². The molecule has 0 aliphatic carbocycles. The highest BCUT2D eigenvalue weighted by molar-refractivity contribution is 7.98. The van der Waals surface area contributed by atoms with Crippen LogP contribution in [0.5, 0.6) is 0 Å². The number of aryl methyl sites for hydroxylation is 1. The van der Waals surface area contributed by atoms with Gasteiger partial charge in [0.05, 0.1) is 6.26 Å². The van der Waals surface area contributed by atoms with Crippen molar-refractivity contribution < 1.29 is 14.0 Å². The summed E-state index contributed by atoms with van der Waals surface area (Å²) in [6.07, 6.45) is 3.05. The van der Waals surface area contributed by atoms with Crippen molar-refractivity contribution in [3.05, 3.63) is 101 Å². The van der Waals surface area contributed by atoms with E-state index in [0.29, 0.717) is 17.9 Å². The van der Waals surface area contributed by atoms with Gasteiger partial charge < -0.3 is 15.1 Å². The minimum atomic E-state index is -0.353. The summed E-state index contributed by atoms with van der Waals surface area (Å²) >= 11 is 1.74. The predicted octanol–water partition coefficient (Wildman–Crippen LogP) is 4.41. The summed E-state index contributed by atoms with van der Waals surface area (Å²) in [6, 6.07) is 20.9. The van der Waals surface area contributed by atoms with Crippen molar-refractivity contribution in [2.24, 2.45) is 0 Å².